The molecule has 32 heavy (non-hydrogen) atoms. The third-order valence-corrected chi connectivity index (χ3v) is 5.28. The first-order valence-corrected chi connectivity index (χ1v) is 10.8. The Morgan fingerprint density at radius 3 is 2.50 bits per heavy atom. The first-order valence-electron chi connectivity index (χ1n) is 9.70. The van der Waals surface area contributed by atoms with Gasteiger partial charge >= 0.3 is 12.5 Å². The number of amides is 2. The molecule has 1 aromatic carbocycles. The predicted octanol–water partition coefficient (Wildman–Crippen LogP) is 1.86. The zero-order chi connectivity index (χ0) is 23.3. The number of hydrogen-bond acceptors (Lipinski definition) is 7. The molecule has 0 aromatic heterocycles. The predicted molar refractivity (Wildman–Crippen MR) is 103 cm³/mol. The first kappa shape index (κ1) is 24.1. The number of carbonyl (C=O) groups is 2. The van der Waals surface area contributed by atoms with Crippen LogP contribution in [0.5, 0.6) is 5.75 Å². The van der Waals surface area contributed by atoms with Crippen LogP contribution in [0.3, 0.4) is 0 Å². The minimum atomic E-state index is -5.09. The Morgan fingerprint density at radius 1 is 1.22 bits per heavy atom. The highest BCUT2D eigenvalue weighted by Crippen LogP contribution is 2.32. The van der Waals surface area contributed by atoms with Crippen LogP contribution in [0.15, 0.2) is 18.2 Å². The fourth-order valence-electron chi connectivity index (χ4n) is 3.34. The van der Waals surface area contributed by atoms with Gasteiger partial charge in [0.15, 0.2) is 5.75 Å². The highest BCUT2D eigenvalue weighted by Gasteiger charge is 2.33. The van der Waals surface area contributed by atoms with Gasteiger partial charge in [0.25, 0.3) is 5.91 Å². The third-order valence-electron chi connectivity index (χ3n) is 4.89. The van der Waals surface area contributed by atoms with E-state index in [9.17, 15) is 31.5 Å². The first-order chi connectivity index (χ1) is 15.1. The summed E-state index contributed by atoms with van der Waals surface area (Å²) in [6.07, 6.45) is -3.96. The van der Waals surface area contributed by atoms with E-state index in [1.807, 2.05) is 0 Å². The van der Waals surface area contributed by atoms with E-state index in [0.717, 1.165) is 25.0 Å². The van der Waals surface area contributed by atoms with Crippen LogP contribution in [0.2, 0.25) is 0 Å². The quantitative estimate of drug-likeness (QED) is 0.617. The van der Waals surface area contributed by atoms with Crippen LogP contribution in [0, 0.1) is 0 Å². The van der Waals surface area contributed by atoms with E-state index in [0.29, 0.717) is 6.61 Å². The van der Waals surface area contributed by atoms with Gasteiger partial charge in [-0.15, -0.1) is 13.2 Å². The largest absolute Gasteiger partial charge is 0.755 e. The number of nitrogens with zero attached hydrogens (tertiary/aromatic N) is 2. The van der Waals surface area contributed by atoms with E-state index < -0.39 is 41.1 Å². The topological polar surface area (TPSA) is 120 Å². The lowest BCUT2D eigenvalue weighted by Gasteiger charge is -2.34. The zero-order valence-corrected chi connectivity index (χ0v) is 17.6. The molecule has 2 heterocycles. The standard InChI is InChI=1S/C18H22F3N3O7S/c19-18(20,21)31-15-10-12(3-4-14(15)22-32(27)28)16(25)23-5-7-24(8-6-23)17(26)30-11-13-2-1-9-29-13/h3-4,10,13,22H,1-2,5-9,11H2,(H,27,28)/p-1. The van der Waals surface area contributed by atoms with E-state index in [-0.39, 0.29) is 44.5 Å². The summed E-state index contributed by atoms with van der Waals surface area (Å²) in [6.45, 7) is 1.48. The molecule has 0 aliphatic carbocycles. The minimum absolute atomic E-state index is 0.105. The summed E-state index contributed by atoms with van der Waals surface area (Å²) in [5.41, 5.74) is -0.591. The van der Waals surface area contributed by atoms with Crippen molar-refractivity contribution in [2.45, 2.75) is 25.3 Å². The number of piperazine rings is 1. The van der Waals surface area contributed by atoms with Crippen LogP contribution in [0.4, 0.5) is 23.7 Å². The monoisotopic (exact) mass is 480 g/mol. The van der Waals surface area contributed by atoms with Crippen LogP contribution < -0.4 is 9.46 Å². The number of halogens is 3. The van der Waals surface area contributed by atoms with Gasteiger partial charge in [-0.3, -0.25) is 9.00 Å². The van der Waals surface area contributed by atoms with Gasteiger partial charge in [-0.1, -0.05) is 0 Å². The van der Waals surface area contributed by atoms with E-state index in [2.05, 4.69) is 4.74 Å². The summed E-state index contributed by atoms with van der Waals surface area (Å²) in [6, 6.07) is 3.00. The number of alkyl halides is 3. The van der Waals surface area contributed by atoms with Crippen molar-refractivity contribution < 1.29 is 45.7 Å². The second-order valence-corrected chi connectivity index (χ2v) is 7.76. The molecule has 14 heteroatoms. The molecule has 2 aliphatic rings. The average molecular weight is 480 g/mol. The van der Waals surface area contributed by atoms with Crippen molar-refractivity contribution >= 4 is 29.0 Å². The second kappa shape index (κ2) is 10.4. The average Bonchev–Trinajstić information content (AvgIpc) is 3.25. The van der Waals surface area contributed by atoms with Crippen LogP contribution >= 0.6 is 0 Å². The lowest BCUT2D eigenvalue weighted by Crippen LogP contribution is -2.51. The van der Waals surface area contributed by atoms with Crippen LogP contribution in [0.1, 0.15) is 23.2 Å². The Balaban J connectivity index is 1.59. The molecule has 10 nitrogen and oxygen atoms in total. The molecule has 2 atom stereocenters. The van der Waals surface area contributed by atoms with Gasteiger partial charge in [0, 0.05) is 49.6 Å². The number of nitrogens with one attached hydrogen (secondary N) is 1. The molecule has 2 saturated heterocycles. The number of rotatable bonds is 6. The highest BCUT2D eigenvalue weighted by atomic mass is 32.2. The summed E-state index contributed by atoms with van der Waals surface area (Å²) >= 11 is -2.89. The number of anilines is 1. The Labute approximate surface area is 184 Å². The van der Waals surface area contributed by atoms with Gasteiger partial charge in [-0.25, -0.2) is 4.79 Å². The van der Waals surface area contributed by atoms with Crippen molar-refractivity contribution in [3.8, 4) is 5.75 Å². The Hall–Kier alpha value is -2.58. The number of benzene rings is 1. The van der Waals surface area contributed by atoms with Crippen molar-refractivity contribution in [3.05, 3.63) is 23.8 Å². The van der Waals surface area contributed by atoms with E-state index in [1.165, 1.54) is 15.9 Å². The van der Waals surface area contributed by atoms with Crippen molar-refractivity contribution in [2.75, 3.05) is 44.1 Å². The fraction of sp³-hybridized carbons (Fsp3) is 0.556. The van der Waals surface area contributed by atoms with Gasteiger partial charge in [-0.2, -0.15) is 0 Å². The normalized spacial score (nSPS) is 20.1. The molecule has 0 spiro atoms. The molecule has 2 fully saturated rings. The number of carbonyl (C=O) groups excluding carboxylic acids is 2. The molecule has 178 valence electrons. The molecule has 2 aliphatic heterocycles. The highest BCUT2D eigenvalue weighted by molar-refractivity contribution is 7.80. The van der Waals surface area contributed by atoms with E-state index >= 15 is 0 Å². The second-order valence-electron chi connectivity index (χ2n) is 7.09. The summed E-state index contributed by atoms with van der Waals surface area (Å²) in [5.74, 6) is -1.44. The fourth-order valence-corrected chi connectivity index (χ4v) is 3.69. The maximum atomic E-state index is 12.7. The minimum Gasteiger partial charge on any atom is -0.755 e. The molecule has 2 amide bonds. The lowest BCUT2D eigenvalue weighted by atomic mass is 10.1. The molecule has 3 rings (SSSR count). The Kier molecular flexibility index (Phi) is 7.79. The molecule has 0 bridgehead atoms. The molecule has 1 N–H and O–H groups in total. The van der Waals surface area contributed by atoms with Crippen molar-refractivity contribution in [3.63, 3.8) is 0 Å². The number of ether oxygens (including phenoxy) is 3. The SMILES string of the molecule is O=C(OCC1CCCO1)N1CCN(C(=O)c2ccc(NS(=O)[O-])c(OC(F)(F)F)c2)CC1. The lowest BCUT2D eigenvalue weighted by molar-refractivity contribution is -0.274. The van der Waals surface area contributed by atoms with Gasteiger partial charge in [0.2, 0.25) is 0 Å². The van der Waals surface area contributed by atoms with Crippen LogP contribution in [-0.2, 0) is 20.7 Å². The van der Waals surface area contributed by atoms with Gasteiger partial charge in [0.05, 0.1) is 11.8 Å². The van der Waals surface area contributed by atoms with Crippen LogP contribution in [-0.4, -0.2) is 82.4 Å². The maximum Gasteiger partial charge on any atom is 0.573 e. The molecule has 0 saturated carbocycles. The molecular weight excluding hydrogens is 459 g/mol. The van der Waals surface area contributed by atoms with Gasteiger partial charge in [0.1, 0.15) is 6.61 Å². The summed E-state index contributed by atoms with van der Waals surface area (Å²) < 4.78 is 75.8. The smallest absolute Gasteiger partial charge is 0.573 e. The van der Waals surface area contributed by atoms with E-state index in [1.54, 1.807) is 4.72 Å². The molecule has 2 unspecified atom stereocenters. The van der Waals surface area contributed by atoms with Crippen LogP contribution in [0.25, 0.3) is 0 Å². The molecule has 1 aromatic rings. The van der Waals surface area contributed by atoms with Gasteiger partial charge in [-0.05, 0) is 31.0 Å². The molecule has 0 radical (unpaired) electrons. The maximum absolute atomic E-state index is 12.7. The Morgan fingerprint density at radius 2 is 1.91 bits per heavy atom. The summed E-state index contributed by atoms with van der Waals surface area (Å²) in [4.78, 5) is 27.7. The summed E-state index contributed by atoms with van der Waals surface area (Å²) in [5, 5.41) is 0. The Bertz CT molecular complexity index is 857. The van der Waals surface area contributed by atoms with Crippen molar-refractivity contribution in [1.29, 1.82) is 0 Å². The zero-order valence-electron chi connectivity index (χ0n) is 16.8. The third kappa shape index (κ3) is 6.71. The van der Waals surface area contributed by atoms with Crippen molar-refractivity contribution in [2.24, 2.45) is 0 Å². The van der Waals surface area contributed by atoms with Crippen molar-refractivity contribution in [1.82, 2.24) is 9.80 Å². The van der Waals surface area contributed by atoms with Gasteiger partial charge < -0.3 is 33.3 Å². The number of hydrogen-bond donors (Lipinski definition) is 1. The van der Waals surface area contributed by atoms with E-state index in [4.69, 9.17) is 9.47 Å². The summed E-state index contributed by atoms with van der Waals surface area (Å²) in [7, 11) is 0. The molecular formula is C18H21F3N3O7S-.